The first-order valence-electron chi connectivity index (χ1n) is 5.19. The highest BCUT2D eigenvalue weighted by molar-refractivity contribution is 7.07. The van der Waals surface area contributed by atoms with E-state index in [-0.39, 0.29) is 6.61 Å². The topological polar surface area (TPSA) is 45.1 Å². The molecule has 0 aliphatic carbocycles. The molecule has 0 amide bonds. The van der Waals surface area contributed by atoms with E-state index in [1.165, 1.54) is 0 Å². The Morgan fingerprint density at radius 2 is 2.06 bits per heavy atom. The molecular weight excluding hydrogens is 220 g/mol. The van der Waals surface area contributed by atoms with Gasteiger partial charge in [0.25, 0.3) is 0 Å². The van der Waals surface area contributed by atoms with E-state index in [1.807, 2.05) is 35.2 Å². The highest BCUT2D eigenvalue weighted by Crippen LogP contribution is 2.11. The fourth-order valence-electron chi connectivity index (χ4n) is 1.44. The van der Waals surface area contributed by atoms with E-state index in [0.717, 1.165) is 23.5 Å². The van der Waals surface area contributed by atoms with Crippen LogP contribution in [0, 0.1) is 0 Å². The van der Waals surface area contributed by atoms with Crippen LogP contribution in [0.3, 0.4) is 0 Å². The molecule has 2 rings (SSSR count). The molecule has 0 saturated heterocycles. The maximum atomic E-state index is 8.79. The van der Waals surface area contributed by atoms with E-state index < -0.39 is 0 Å². The molecule has 16 heavy (non-hydrogen) atoms. The number of thiazole rings is 1. The molecule has 0 bridgehead atoms. The summed E-state index contributed by atoms with van der Waals surface area (Å²) in [7, 11) is 0. The molecule has 2 aromatic rings. The average molecular weight is 234 g/mol. The number of nitrogens with zero attached hydrogens (tertiary/aromatic N) is 1. The van der Waals surface area contributed by atoms with Gasteiger partial charge < -0.3 is 10.4 Å². The van der Waals surface area contributed by atoms with Crippen LogP contribution in [0.15, 0.2) is 35.2 Å². The van der Waals surface area contributed by atoms with E-state index in [1.54, 1.807) is 11.3 Å². The second kappa shape index (κ2) is 5.63. The number of benzene rings is 1. The minimum absolute atomic E-state index is 0.200. The van der Waals surface area contributed by atoms with Gasteiger partial charge in [0.1, 0.15) is 0 Å². The summed E-state index contributed by atoms with van der Waals surface area (Å²) in [6, 6.07) is 8.11. The Labute approximate surface area is 98.8 Å². The predicted molar refractivity (Wildman–Crippen MR) is 66.7 cm³/mol. The van der Waals surface area contributed by atoms with Gasteiger partial charge in [0, 0.05) is 17.7 Å². The molecule has 4 heteroatoms. The van der Waals surface area contributed by atoms with Crippen molar-refractivity contribution >= 4 is 17.0 Å². The van der Waals surface area contributed by atoms with Crippen LogP contribution in [-0.4, -0.2) is 16.7 Å². The van der Waals surface area contributed by atoms with Gasteiger partial charge in [0.05, 0.1) is 17.7 Å². The molecule has 0 aliphatic heterocycles. The van der Waals surface area contributed by atoms with Crippen LogP contribution in [-0.2, 0) is 13.0 Å². The van der Waals surface area contributed by atoms with Gasteiger partial charge in [-0.05, 0) is 24.1 Å². The summed E-state index contributed by atoms with van der Waals surface area (Å²) in [5.41, 5.74) is 5.13. The van der Waals surface area contributed by atoms with Crippen LogP contribution in [0.5, 0.6) is 0 Å². The number of aromatic nitrogens is 1. The molecule has 1 aromatic carbocycles. The zero-order valence-electron chi connectivity index (χ0n) is 8.89. The smallest absolute Gasteiger partial charge is 0.0795 e. The Morgan fingerprint density at radius 3 is 2.69 bits per heavy atom. The van der Waals surface area contributed by atoms with Gasteiger partial charge >= 0.3 is 0 Å². The van der Waals surface area contributed by atoms with E-state index in [2.05, 4.69) is 10.3 Å². The molecule has 2 N–H and O–H groups in total. The van der Waals surface area contributed by atoms with Crippen molar-refractivity contribution in [3.63, 3.8) is 0 Å². The SMILES string of the molecule is OCCc1ccc(NCc2cscn2)cc1. The van der Waals surface area contributed by atoms with Gasteiger partial charge in [-0.15, -0.1) is 11.3 Å². The van der Waals surface area contributed by atoms with Gasteiger partial charge in [0.2, 0.25) is 0 Å². The van der Waals surface area contributed by atoms with E-state index >= 15 is 0 Å². The molecule has 0 aliphatic rings. The predicted octanol–water partition coefficient (Wildman–Crippen LogP) is 2.29. The number of rotatable bonds is 5. The van der Waals surface area contributed by atoms with Crippen molar-refractivity contribution in [2.24, 2.45) is 0 Å². The number of aliphatic hydroxyl groups is 1. The first kappa shape index (κ1) is 11.1. The van der Waals surface area contributed by atoms with Gasteiger partial charge in [-0.1, -0.05) is 12.1 Å². The molecule has 3 nitrogen and oxygen atoms in total. The molecule has 0 fully saturated rings. The second-order valence-electron chi connectivity index (χ2n) is 3.50. The number of aliphatic hydroxyl groups excluding tert-OH is 1. The van der Waals surface area contributed by atoms with Gasteiger partial charge in [0.15, 0.2) is 0 Å². The molecule has 0 saturated carbocycles. The zero-order chi connectivity index (χ0) is 11.2. The number of anilines is 1. The third kappa shape index (κ3) is 3.05. The normalized spacial score (nSPS) is 10.3. The van der Waals surface area contributed by atoms with Crippen LogP contribution >= 0.6 is 11.3 Å². The van der Waals surface area contributed by atoms with Crippen LogP contribution in [0.25, 0.3) is 0 Å². The minimum atomic E-state index is 0.200. The molecule has 0 spiro atoms. The fourth-order valence-corrected chi connectivity index (χ4v) is 1.99. The van der Waals surface area contributed by atoms with Crippen molar-refractivity contribution in [1.82, 2.24) is 4.98 Å². The highest BCUT2D eigenvalue weighted by Gasteiger charge is 1.96. The van der Waals surface area contributed by atoms with Crippen molar-refractivity contribution in [3.05, 3.63) is 46.4 Å². The summed E-state index contributed by atoms with van der Waals surface area (Å²) in [6.07, 6.45) is 0.715. The molecule has 1 heterocycles. The lowest BCUT2D eigenvalue weighted by molar-refractivity contribution is 0.299. The Morgan fingerprint density at radius 1 is 1.25 bits per heavy atom. The van der Waals surface area contributed by atoms with E-state index in [4.69, 9.17) is 5.11 Å². The van der Waals surface area contributed by atoms with Gasteiger partial charge in [-0.2, -0.15) is 0 Å². The largest absolute Gasteiger partial charge is 0.396 e. The van der Waals surface area contributed by atoms with Crippen LogP contribution in [0.4, 0.5) is 5.69 Å². The zero-order valence-corrected chi connectivity index (χ0v) is 9.70. The Hall–Kier alpha value is -1.39. The number of nitrogens with one attached hydrogen (secondary N) is 1. The number of hydrogen-bond acceptors (Lipinski definition) is 4. The third-order valence-electron chi connectivity index (χ3n) is 2.31. The lowest BCUT2D eigenvalue weighted by Gasteiger charge is -2.05. The fraction of sp³-hybridized carbons (Fsp3) is 0.250. The summed E-state index contributed by atoms with van der Waals surface area (Å²) in [5.74, 6) is 0. The van der Waals surface area contributed by atoms with Crippen molar-refractivity contribution in [2.45, 2.75) is 13.0 Å². The maximum absolute atomic E-state index is 8.79. The molecular formula is C12H14N2OS. The lowest BCUT2D eigenvalue weighted by atomic mass is 10.1. The van der Waals surface area contributed by atoms with Crippen LogP contribution in [0.1, 0.15) is 11.3 Å². The van der Waals surface area contributed by atoms with Crippen LogP contribution in [0.2, 0.25) is 0 Å². The molecule has 1 aromatic heterocycles. The quantitative estimate of drug-likeness (QED) is 0.834. The van der Waals surface area contributed by atoms with Crippen molar-refractivity contribution in [2.75, 3.05) is 11.9 Å². The number of hydrogen-bond donors (Lipinski definition) is 2. The highest BCUT2D eigenvalue weighted by atomic mass is 32.1. The first-order chi connectivity index (χ1) is 7.88. The Balaban J connectivity index is 1.90. The minimum Gasteiger partial charge on any atom is -0.396 e. The standard InChI is InChI=1S/C12H14N2OS/c15-6-5-10-1-3-11(4-2-10)13-7-12-8-16-9-14-12/h1-4,8-9,13,15H,5-7H2. The third-order valence-corrected chi connectivity index (χ3v) is 2.95. The summed E-state index contributed by atoms with van der Waals surface area (Å²) in [6.45, 7) is 0.953. The summed E-state index contributed by atoms with van der Waals surface area (Å²) >= 11 is 1.60. The van der Waals surface area contributed by atoms with Gasteiger partial charge in [-0.25, -0.2) is 4.98 Å². The van der Waals surface area contributed by atoms with Crippen molar-refractivity contribution < 1.29 is 5.11 Å². The summed E-state index contributed by atoms with van der Waals surface area (Å²) < 4.78 is 0. The second-order valence-corrected chi connectivity index (χ2v) is 4.22. The summed E-state index contributed by atoms with van der Waals surface area (Å²) in [4.78, 5) is 4.20. The Bertz CT molecular complexity index is 411. The molecule has 0 radical (unpaired) electrons. The maximum Gasteiger partial charge on any atom is 0.0795 e. The van der Waals surface area contributed by atoms with Gasteiger partial charge in [-0.3, -0.25) is 0 Å². The Kier molecular flexibility index (Phi) is 3.91. The monoisotopic (exact) mass is 234 g/mol. The molecule has 0 unspecified atom stereocenters. The van der Waals surface area contributed by atoms with Crippen molar-refractivity contribution in [1.29, 1.82) is 0 Å². The van der Waals surface area contributed by atoms with Crippen LogP contribution < -0.4 is 5.32 Å². The first-order valence-corrected chi connectivity index (χ1v) is 6.13. The van der Waals surface area contributed by atoms with E-state index in [9.17, 15) is 0 Å². The molecule has 84 valence electrons. The summed E-state index contributed by atoms with van der Waals surface area (Å²) in [5, 5.41) is 14.1. The lowest BCUT2D eigenvalue weighted by Crippen LogP contribution is -1.99. The van der Waals surface area contributed by atoms with Crippen molar-refractivity contribution in [3.8, 4) is 0 Å². The molecule has 0 atom stereocenters. The van der Waals surface area contributed by atoms with E-state index in [0.29, 0.717) is 6.42 Å². The average Bonchev–Trinajstić information content (AvgIpc) is 2.82.